The summed E-state index contributed by atoms with van der Waals surface area (Å²) < 4.78 is 21.4. The summed E-state index contributed by atoms with van der Waals surface area (Å²) in [7, 11) is 0. The second kappa shape index (κ2) is 9.49. The Balaban J connectivity index is 1.97. The van der Waals surface area contributed by atoms with Gasteiger partial charge in [0.15, 0.2) is 0 Å². The molecule has 0 unspecified atom stereocenters. The summed E-state index contributed by atoms with van der Waals surface area (Å²) >= 11 is 0. The number of hydrogen-bond acceptors (Lipinski definition) is 3. The van der Waals surface area contributed by atoms with Crippen molar-refractivity contribution in [3.8, 4) is 5.88 Å². The first-order valence-corrected chi connectivity index (χ1v) is 9.97. The Kier molecular flexibility index (Phi) is 6.80. The number of allylic oxidation sites excluding steroid dienone is 2. The van der Waals surface area contributed by atoms with E-state index in [9.17, 15) is 4.39 Å². The zero-order valence-electron chi connectivity index (χ0n) is 16.9. The number of unbranched alkanes of at least 4 members (excludes halogenated alkanes) is 2. The lowest BCUT2D eigenvalue weighted by Crippen LogP contribution is -2.03. The molecule has 3 aromatic rings. The standard InChI is InChI=1S/C23H28FN3O/c1-4-6-8-9-20-17(3)27(14-7-5-2)22-21(20)15-25-26-23(22)28-16-18-10-12-19(24)13-11-18/h5,7,10-13,15H,4,6,8-9,14,16H2,1-3H3/b7-5+. The monoisotopic (exact) mass is 381 g/mol. The highest BCUT2D eigenvalue weighted by Crippen LogP contribution is 2.32. The molecular weight excluding hydrogens is 353 g/mol. The fourth-order valence-electron chi connectivity index (χ4n) is 3.51. The normalized spacial score (nSPS) is 11.6. The number of hydrogen-bond donors (Lipinski definition) is 0. The zero-order chi connectivity index (χ0) is 19.9. The first kappa shape index (κ1) is 20.1. The molecule has 28 heavy (non-hydrogen) atoms. The molecule has 4 nitrogen and oxygen atoms in total. The molecule has 1 aromatic carbocycles. The molecule has 0 aliphatic carbocycles. The van der Waals surface area contributed by atoms with Crippen LogP contribution in [0.5, 0.6) is 5.88 Å². The Labute approximate surface area is 166 Å². The van der Waals surface area contributed by atoms with Crippen LogP contribution in [0.3, 0.4) is 0 Å². The van der Waals surface area contributed by atoms with Gasteiger partial charge >= 0.3 is 0 Å². The second-order valence-electron chi connectivity index (χ2n) is 7.03. The van der Waals surface area contributed by atoms with Gasteiger partial charge in [0.1, 0.15) is 17.9 Å². The number of aromatic nitrogens is 3. The quantitative estimate of drug-likeness (QED) is 0.349. The third-order valence-corrected chi connectivity index (χ3v) is 5.07. The lowest BCUT2D eigenvalue weighted by Gasteiger charge is -2.10. The maximum Gasteiger partial charge on any atom is 0.258 e. The van der Waals surface area contributed by atoms with Crippen molar-refractivity contribution in [3.05, 3.63) is 65.3 Å². The van der Waals surface area contributed by atoms with E-state index < -0.39 is 0 Å². The number of halogens is 1. The zero-order valence-corrected chi connectivity index (χ0v) is 16.9. The lowest BCUT2D eigenvalue weighted by molar-refractivity contribution is 0.293. The lowest BCUT2D eigenvalue weighted by atomic mass is 10.1. The van der Waals surface area contributed by atoms with Gasteiger partial charge in [-0.2, -0.15) is 5.10 Å². The van der Waals surface area contributed by atoms with Gasteiger partial charge in [0.05, 0.1) is 6.20 Å². The summed E-state index contributed by atoms with van der Waals surface area (Å²) in [6.07, 6.45) is 10.6. The van der Waals surface area contributed by atoms with Crippen LogP contribution in [0.25, 0.3) is 10.9 Å². The van der Waals surface area contributed by atoms with Crippen LogP contribution < -0.4 is 4.74 Å². The molecule has 0 N–H and O–H groups in total. The average Bonchev–Trinajstić information content (AvgIpc) is 2.98. The van der Waals surface area contributed by atoms with Crippen LogP contribution in [0.2, 0.25) is 0 Å². The van der Waals surface area contributed by atoms with Gasteiger partial charge in [0, 0.05) is 17.6 Å². The van der Waals surface area contributed by atoms with Crippen LogP contribution in [-0.4, -0.2) is 14.8 Å². The first-order valence-electron chi connectivity index (χ1n) is 9.97. The molecular formula is C23H28FN3O. The van der Waals surface area contributed by atoms with Gasteiger partial charge in [-0.15, -0.1) is 5.10 Å². The Hall–Kier alpha value is -2.69. The van der Waals surface area contributed by atoms with Crippen molar-refractivity contribution in [1.29, 1.82) is 0 Å². The smallest absolute Gasteiger partial charge is 0.258 e. The van der Waals surface area contributed by atoms with Crippen molar-refractivity contribution in [3.63, 3.8) is 0 Å². The maximum atomic E-state index is 13.1. The second-order valence-corrected chi connectivity index (χ2v) is 7.03. The molecule has 0 atom stereocenters. The van der Waals surface area contributed by atoms with E-state index in [4.69, 9.17) is 4.74 Å². The van der Waals surface area contributed by atoms with Gasteiger partial charge in [-0.25, -0.2) is 4.39 Å². The number of nitrogens with zero attached hydrogens (tertiary/aromatic N) is 3. The summed E-state index contributed by atoms with van der Waals surface area (Å²) in [5.41, 5.74) is 4.45. The van der Waals surface area contributed by atoms with Gasteiger partial charge in [-0.3, -0.25) is 0 Å². The molecule has 148 valence electrons. The van der Waals surface area contributed by atoms with Crippen LogP contribution in [0.1, 0.15) is 49.9 Å². The van der Waals surface area contributed by atoms with Gasteiger partial charge in [-0.05, 0) is 49.9 Å². The summed E-state index contributed by atoms with van der Waals surface area (Å²) in [5.74, 6) is 0.273. The Bertz CT molecular complexity index is 945. The number of rotatable bonds is 9. The summed E-state index contributed by atoms with van der Waals surface area (Å²) in [4.78, 5) is 0. The molecule has 5 heteroatoms. The minimum Gasteiger partial charge on any atom is -0.470 e. The molecule has 3 rings (SSSR count). The molecule has 2 aromatic heterocycles. The van der Waals surface area contributed by atoms with Gasteiger partial charge in [-0.1, -0.05) is 44.1 Å². The fraction of sp³-hybridized carbons (Fsp3) is 0.391. The summed E-state index contributed by atoms with van der Waals surface area (Å²) in [6.45, 7) is 7.50. The van der Waals surface area contributed by atoms with E-state index >= 15 is 0 Å². The minimum absolute atomic E-state index is 0.252. The first-order chi connectivity index (χ1) is 13.7. The third kappa shape index (κ3) is 4.41. The highest BCUT2D eigenvalue weighted by atomic mass is 19.1. The van der Waals surface area contributed by atoms with E-state index in [1.165, 1.54) is 36.2 Å². The summed E-state index contributed by atoms with van der Waals surface area (Å²) in [5, 5.41) is 9.58. The van der Waals surface area contributed by atoms with Gasteiger partial charge in [0.25, 0.3) is 5.88 Å². The molecule has 0 bridgehead atoms. The van der Waals surface area contributed by atoms with Gasteiger partial charge < -0.3 is 9.30 Å². The van der Waals surface area contributed by atoms with Gasteiger partial charge in [0.2, 0.25) is 0 Å². The SMILES string of the molecule is C/C=C/Cn1c(C)c(CCCCC)c2cnnc(OCc3ccc(F)cc3)c21. The molecule has 0 spiro atoms. The predicted octanol–water partition coefficient (Wildman–Crippen LogP) is 5.77. The number of benzene rings is 1. The molecule has 0 saturated carbocycles. The Morgan fingerprint density at radius 2 is 1.96 bits per heavy atom. The highest BCUT2D eigenvalue weighted by molar-refractivity contribution is 5.88. The van der Waals surface area contributed by atoms with Crippen molar-refractivity contribution in [1.82, 2.24) is 14.8 Å². The molecule has 0 radical (unpaired) electrons. The Morgan fingerprint density at radius 1 is 1.18 bits per heavy atom. The van der Waals surface area contributed by atoms with E-state index in [1.807, 2.05) is 13.1 Å². The van der Waals surface area contributed by atoms with Crippen LogP contribution in [-0.2, 0) is 19.6 Å². The van der Waals surface area contributed by atoms with E-state index in [1.54, 1.807) is 12.1 Å². The minimum atomic E-state index is -0.252. The predicted molar refractivity (Wildman–Crippen MR) is 111 cm³/mol. The highest BCUT2D eigenvalue weighted by Gasteiger charge is 2.18. The Morgan fingerprint density at radius 3 is 2.68 bits per heavy atom. The van der Waals surface area contributed by atoms with Crippen molar-refractivity contribution >= 4 is 10.9 Å². The van der Waals surface area contributed by atoms with E-state index in [2.05, 4.69) is 40.8 Å². The average molecular weight is 381 g/mol. The molecule has 0 aliphatic rings. The van der Waals surface area contributed by atoms with Crippen LogP contribution >= 0.6 is 0 Å². The van der Waals surface area contributed by atoms with Crippen LogP contribution in [0, 0.1) is 12.7 Å². The molecule has 0 aliphatic heterocycles. The van der Waals surface area contributed by atoms with Crippen LogP contribution in [0.15, 0.2) is 42.6 Å². The third-order valence-electron chi connectivity index (χ3n) is 5.07. The number of aryl methyl sites for hydroxylation is 1. The fourth-order valence-corrected chi connectivity index (χ4v) is 3.51. The number of fused-ring (bicyclic) bond motifs is 1. The van der Waals surface area contributed by atoms with Crippen molar-refractivity contribution < 1.29 is 9.13 Å². The van der Waals surface area contributed by atoms with Crippen molar-refractivity contribution in [2.75, 3.05) is 0 Å². The number of ether oxygens (including phenoxy) is 1. The largest absolute Gasteiger partial charge is 0.470 e. The van der Waals surface area contributed by atoms with Crippen molar-refractivity contribution in [2.24, 2.45) is 0 Å². The molecule has 0 saturated heterocycles. The van der Waals surface area contributed by atoms with Crippen LogP contribution in [0.4, 0.5) is 4.39 Å². The maximum absolute atomic E-state index is 13.1. The molecule has 0 fully saturated rings. The molecule has 0 amide bonds. The topological polar surface area (TPSA) is 39.9 Å². The van der Waals surface area contributed by atoms with E-state index in [0.29, 0.717) is 12.5 Å². The van der Waals surface area contributed by atoms with E-state index in [-0.39, 0.29) is 5.82 Å². The van der Waals surface area contributed by atoms with Crippen molar-refractivity contribution in [2.45, 2.75) is 59.6 Å². The molecule has 2 heterocycles. The summed E-state index contributed by atoms with van der Waals surface area (Å²) in [6, 6.07) is 6.33. The van der Waals surface area contributed by atoms with E-state index in [0.717, 1.165) is 35.9 Å².